The van der Waals surface area contributed by atoms with E-state index in [-0.39, 0.29) is 17.1 Å². The number of esters is 1. The molecule has 11 nitrogen and oxygen atoms in total. The van der Waals surface area contributed by atoms with Crippen LogP contribution >= 0.6 is 7.60 Å². The fraction of sp³-hybridized carbons (Fsp3) is 0.600. The number of fused-ring (bicyclic) bond motifs is 1. The highest BCUT2D eigenvalue weighted by Crippen LogP contribution is 2.43. The summed E-state index contributed by atoms with van der Waals surface area (Å²) < 4.78 is 66.8. The summed E-state index contributed by atoms with van der Waals surface area (Å²) in [6.45, 7) is 2.91. The van der Waals surface area contributed by atoms with Gasteiger partial charge in [-0.2, -0.15) is 18.2 Å². The van der Waals surface area contributed by atoms with Crippen LogP contribution in [0.3, 0.4) is 0 Å². The quantitative estimate of drug-likeness (QED) is 0.344. The molecule has 2 rings (SSSR count). The highest BCUT2D eigenvalue weighted by atomic mass is 31.2. The minimum atomic E-state index is -4.88. The molecule has 168 valence electrons. The van der Waals surface area contributed by atoms with E-state index in [9.17, 15) is 27.4 Å². The Bertz CT molecular complexity index is 945. The van der Waals surface area contributed by atoms with E-state index < -0.39 is 50.9 Å². The number of nitrogen functional groups attached to an aromatic ring is 1. The number of hydrogen-bond acceptors (Lipinski definition) is 9. The van der Waals surface area contributed by atoms with Gasteiger partial charge in [-0.05, 0) is 20.8 Å². The molecular weight excluding hydrogens is 434 g/mol. The Labute approximate surface area is 168 Å². The van der Waals surface area contributed by atoms with Crippen LogP contribution in [0.1, 0.15) is 20.8 Å². The fourth-order valence-electron chi connectivity index (χ4n) is 2.03. The second-order valence-corrected chi connectivity index (χ2v) is 9.02. The van der Waals surface area contributed by atoms with Gasteiger partial charge in [-0.1, -0.05) is 0 Å². The van der Waals surface area contributed by atoms with Crippen molar-refractivity contribution in [3.8, 4) is 0 Å². The second kappa shape index (κ2) is 8.84. The van der Waals surface area contributed by atoms with Crippen molar-refractivity contribution in [1.82, 2.24) is 19.5 Å². The molecule has 2 heterocycles. The molecule has 0 saturated heterocycles. The summed E-state index contributed by atoms with van der Waals surface area (Å²) in [6, 6.07) is 0. The summed E-state index contributed by atoms with van der Waals surface area (Å²) in [5, 5.41) is 0. The van der Waals surface area contributed by atoms with Gasteiger partial charge in [0.15, 0.2) is 11.8 Å². The predicted molar refractivity (Wildman–Crippen MR) is 96.9 cm³/mol. The minimum Gasteiger partial charge on any atom is -0.438 e. The first-order valence-corrected chi connectivity index (χ1v) is 10.2. The first-order valence-electron chi connectivity index (χ1n) is 8.44. The largest absolute Gasteiger partial charge is 0.438 e. The lowest BCUT2D eigenvalue weighted by molar-refractivity contribution is -0.219. The Hall–Kier alpha value is -2.28. The lowest BCUT2D eigenvalue weighted by Gasteiger charge is -2.23. The van der Waals surface area contributed by atoms with Crippen LogP contribution in [0.25, 0.3) is 11.2 Å². The van der Waals surface area contributed by atoms with Crippen molar-refractivity contribution in [1.29, 1.82) is 0 Å². The summed E-state index contributed by atoms with van der Waals surface area (Å²) in [5.41, 5.74) is 4.80. The summed E-state index contributed by atoms with van der Waals surface area (Å²) in [7, 11) is -4.64. The molecule has 0 aliphatic carbocycles. The molecule has 0 radical (unpaired) electrons. The molecule has 0 amide bonds. The molecule has 0 bridgehead atoms. The fourth-order valence-corrected chi connectivity index (χ4v) is 2.69. The zero-order chi connectivity index (χ0) is 22.7. The van der Waals surface area contributed by atoms with Crippen molar-refractivity contribution in [3.63, 3.8) is 0 Å². The van der Waals surface area contributed by atoms with E-state index in [1.807, 2.05) is 0 Å². The number of carbonyl (C=O) groups is 1. The summed E-state index contributed by atoms with van der Waals surface area (Å²) in [4.78, 5) is 32.6. The SMILES string of the molecule is CC(C)(C)C(=O)OCOP(=O)(O)COC(Cn1cnc2cnc(N)nc21)C(F)(F)F. The molecule has 2 aromatic rings. The van der Waals surface area contributed by atoms with Gasteiger partial charge in [0, 0.05) is 0 Å². The van der Waals surface area contributed by atoms with E-state index in [1.54, 1.807) is 20.8 Å². The molecule has 0 aromatic carbocycles. The van der Waals surface area contributed by atoms with Gasteiger partial charge in [0.25, 0.3) is 0 Å². The Kier molecular flexibility index (Phi) is 7.07. The number of rotatable bonds is 8. The molecule has 2 unspecified atom stereocenters. The number of ether oxygens (including phenoxy) is 2. The predicted octanol–water partition coefficient (Wildman–Crippen LogP) is 2.06. The van der Waals surface area contributed by atoms with Crippen LogP contribution in [0.15, 0.2) is 12.5 Å². The highest BCUT2D eigenvalue weighted by molar-refractivity contribution is 7.52. The lowest BCUT2D eigenvalue weighted by Crippen LogP contribution is -2.36. The van der Waals surface area contributed by atoms with E-state index in [4.69, 9.17) is 5.73 Å². The van der Waals surface area contributed by atoms with Crippen molar-refractivity contribution in [2.45, 2.75) is 39.6 Å². The van der Waals surface area contributed by atoms with Crippen LogP contribution in [0.2, 0.25) is 0 Å². The van der Waals surface area contributed by atoms with Gasteiger partial charge >= 0.3 is 19.7 Å². The van der Waals surface area contributed by atoms with Crippen LogP contribution < -0.4 is 5.73 Å². The monoisotopic (exact) mass is 455 g/mol. The first kappa shape index (κ1) is 24.0. The molecular formula is C15H21F3N5O6P. The summed E-state index contributed by atoms with van der Waals surface area (Å²) in [5.74, 6) is -0.878. The molecule has 2 aromatic heterocycles. The Morgan fingerprint density at radius 2 is 2.00 bits per heavy atom. The van der Waals surface area contributed by atoms with Crippen molar-refractivity contribution in [2.75, 3.05) is 18.9 Å². The average Bonchev–Trinajstić information content (AvgIpc) is 2.98. The molecule has 0 spiro atoms. The summed E-state index contributed by atoms with van der Waals surface area (Å²) >= 11 is 0. The number of aromatic nitrogens is 4. The van der Waals surface area contributed by atoms with Crippen molar-refractivity contribution < 1.29 is 41.4 Å². The van der Waals surface area contributed by atoms with E-state index in [0.29, 0.717) is 0 Å². The zero-order valence-electron chi connectivity index (χ0n) is 16.3. The third kappa shape index (κ3) is 6.62. The minimum absolute atomic E-state index is 0.0397. The van der Waals surface area contributed by atoms with Gasteiger partial charge in [0.1, 0.15) is 11.9 Å². The third-order valence-corrected chi connectivity index (χ3v) is 4.58. The topological polar surface area (TPSA) is 152 Å². The van der Waals surface area contributed by atoms with Gasteiger partial charge in [-0.3, -0.25) is 13.9 Å². The first-order chi connectivity index (χ1) is 13.7. The molecule has 0 aliphatic rings. The number of nitrogens with two attached hydrogens (primary N) is 1. The zero-order valence-corrected chi connectivity index (χ0v) is 17.2. The van der Waals surface area contributed by atoms with Crippen LogP contribution in [0.4, 0.5) is 19.1 Å². The van der Waals surface area contributed by atoms with Crippen LogP contribution in [0, 0.1) is 5.41 Å². The normalized spacial score (nSPS) is 15.7. The molecule has 30 heavy (non-hydrogen) atoms. The van der Waals surface area contributed by atoms with Crippen molar-refractivity contribution >= 4 is 30.7 Å². The van der Waals surface area contributed by atoms with Gasteiger partial charge in [-0.25, -0.2) is 9.97 Å². The number of nitrogens with zero attached hydrogens (tertiary/aromatic N) is 4. The highest BCUT2D eigenvalue weighted by Gasteiger charge is 2.42. The smallest absolute Gasteiger partial charge is 0.416 e. The van der Waals surface area contributed by atoms with Gasteiger partial charge in [-0.15, -0.1) is 0 Å². The Morgan fingerprint density at radius 3 is 2.60 bits per heavy atom. The maximum Gasteiger partial charge on any atom is 0.416 e. The number of halogens is 3. The van der Waals surface area contributed by atoms with E-state index >= 15 is 0 Å². The lowest BCUT2D eigenvalue weighted by atomic mass is 9.98. The number of carbonyl (C=O) groups excluding carboxylic acids is 1. The maximum atomic E-state index is 13.4. The Balaban J connectivity index is 2.02. The van der Waals surface area contributed by atoms with Crippen LogP contribution in [-0.2, 0) is 29.9 Å². The van der Waals surface area contributed by atoms with E-state index in [0.717, 1.165) is 10.9 Å². The molecule has 15 heteroatoms. The van der Waals surface area contributed by atoms with Crippen molar-refractivity contribution in [3.05, 3.63) is 12.5 Å². The van der Waals surface area contributed by atoms with E-state index in [1.165, 1.54) is 6.20 Å². The van der Waals surface area contributed by atoms with Crippen molar-refractivity contribution in [2.24, 2.45) is 5.41 Å². The molecule has 0 saturated carbocycles. The van der Waals surface area contributed by atoms with Gasteiger partial charge in [0.2, 0.25) is 12.7 Å². The number of alkyl halides is 3. The standard InChI is InChI=1S/C15H21F3N5O6P/c1-14(2,3)12(24)27-7-29-30(25,26)8-28-10(15(16,17)18)5-23-6-21-9-4-20-13(19)22-11(9)23/h4,6,10H,5,7-8H2,1-3H3,(H,25,26)(H2,19,20,22). The molecule has 2 atom stereocenters. The Morgan fingerprint density at radius 1 is 1.33 bits per heavy atom. The van der Waals surface area contributed by atoms with Crippen LogP contribution in [-0.4, -0.2) is 55.8 Å². The number of hydrogen-bond donors (Lipinski definition) is 2. The van der Waals surface area contributed by atoms with Gasteiger partial charge < -0.3 is 24.7 Å². The number of anilines is 1. The maximum absolute atomic E-state index is 13.4. The molecule has 3 N–H and O–H groups in total. The van der Waals surface area contributed by atoms with E-state index in [2.05, 4.69) is 28.9 Å². The summed E-state index contributed by atoms with van der Waals surface area (Å²) in [6.07, 6.45) is -6.32. The second-order valence-electron chi connectivity index (χ2n) is 7.23. The number of imidazole rings is 1. The average molecular weight is 455 g/mol. The molecule has 0 fully saturated rings. The van der Waals surface area contributed by atoms with Gasteiger partial charge in [0.05, 0.1) is 24.5 Å². The van der Waals surface area contributed by atoms with Crippen LogP contribution in [0.5, 0.6) is 0 Å². The molecule has 0 aliphatic heterocycles. The third-order valence-electron chi connectivity index (χ3n) is 3.60.